The third-order valence-corrected chi connectivity index (χ3v) is 2.74. The van der Waals surface area contributed by atoms with E-state index < -0.39 is 11.7 Å². The van der Waals surface area contributed by atoms with E-state index in [1.807, 2.05) is 31.2 Å². The van der Waals surface area contributed by atoms with Crippen LogP contribution in [-0.4, -0.2) is 6.21 Å². The Morgan fingerprint density at radius 3 is 2.57 bits per heavy atom. The second-order valence-electron chi connectivity index (χ2n) is 4.54. The van der Waals surface area contributed by atoms with E-state index in [9.17, 15) is 13.2 Å². The molecule has 0 unspecified atom stereocenters. The lowest BCUT2D eigenvalue weighted by atomic mass is 10.1. The number of nitrogens with zero attached hydrogens (tertiary/aromatic N) is 1. The molecule has 109 valence electrons. The maximum absolute atomic E-state index is 12.5. The fraction of sp³-hybridized carbons (Fsp3) is 0.188. The lowest BCUT2D eigenvalue weighted by Crippen LogP contribution is -2.05. The van der Waals surface area contributed by atoms with Crippen molar-refractivity contribution in [3.8, 4) is 0 Å². The Labute approximate surface area is 120 Å². The molecule has 0 saturated heterocycles. The summed E-state index contributed by atoms with van der Waals surface area (Å²) in [5, 5.41) is 3.64. The van der Waals surface area contributed by atoms with Crippen LogP contribution in [0.4, 0.5) is 13.2 Å². The van der Waals surface area contributed by atoms with Crippen molar-refractivity contribution in [2.24, 2.45) is 5.16 Å². The fourth-order valence-corrected chi connectivity index (χ4v) is 1.74. The Morgan fingerprint density at radius 2 is 1.86 bits per heavy atom. The molecule has 0 aliphatic rings. The number of halogens is 3. The second kappa shape index (κ2) is 6.43. The van der Waals surface area contributed by atoms with Crippen LogP contribution in [0.2, 0.25) is 0 Å². The normalized spacial score (nSPS) is 11.8. The summed E-state index contributed by atoms with van der Waals surface area (Å²) in [6.45, 7) is 1.90. The van der Waals surface area contributed by atoms with Gasteiger partial charge in [0.05, 0.1) is 5.56 Å². The van der Waals surface area contributed by atoms with E-state index in [2.05, 4.69) is 11.4 Å². The van der Waals surface area contributed by atoms with E-state index >= 15 is 0 Å². The second-order valence-corrected chi connectivity index (χ2v) is 4.54. The molecule has 5 heteroatoms. The molecular weight excluding hydrogens is 279 g/mol. The highest BCUT2D eigenvalue weighted by Crippen LogP contribution is 2.29. The molecule has 2 rings (SSSR count). The summed E-state index contributed by atoms with van der Waals surface area (Å²) in [4.78, 5) is 4.98. The highest BCUT2D eigenvalue weighted by atomic mass is 19.4. The van der Waals surface area contributed by atoms with Gasteiger partial charge in [0, 0.05) is 5.56 Å². The Kier molecular flexibility index (Phi) is 4.62. The van der Waals surface area contributed by atoms with Gasteiger partial charge in [-0.05, 0) is 30.7 Å². The topological polar surface area (TPSA) is 21.6 Å². The third kappa shape index (κ3) is 4.63. The molecule has 2 aromatic rings. The van der Waals surface area contributed by atoms with E-state index in [1.54, 1.807) is 6.07 Å². The van der Waals surface area contributed by atoms with Crippen molar-refractivity contribution in [3.63, 3.8) is 0 Å². The third-order valence-electron chi connectivity index (χ3n) is 2.74. The Morgan fingerprint density at radius 1 is 1.10 bits per heavy atom. The van der Waals surface area contributed by atoms with Crippen molar-refractivity contribution < 1.29 is 18.0 Å². The minimum atomic E-state index is -4.35. The van der Waals surface area contributed by atoms with Crippen LogP contribution in [0, 0.1) is 6.92 Å². The Bertz CT molecular complexity index is 635. The van der Waals surface area contributed by atoms with Crippen molar-refractivity contribution in [1.82, 2.24) is 0 Å². The van der Waals surface area contributed by atoms with Crippen LogP contribution in [0.1, 0.15) is 22.3 Å². The first kappa shape index (κ1) is 15.1. The Balaban J connectivity index is 1.95. The number of rotatable bonds is 4. The summed E-state index contributed by atoms with van der Waals surface area (Å²) in [5.41, 5.74) is 1.52. The van der Waals surface area contributed by atoms with E-state index in [0.717, 1.165) is 23.3 Å². The smallest absolute Gasteiger partial charge is 0.390 e. The van der Waals surface area contributed by atoms with Crippen LogP contribution in [0.3, 0.4) is 0 Å². The van der Waals surface area contributed by atoms with Crippen LogP contribution in [0.5, 0.6) is 0 Å². The first-order valence-electron chi connectivity index (χ1n) is 6.26. The first-order chi connectivity index (χ1) is 9.95. The van der Waals surface area contributed by atoms with Crippen molar-refractivity contribution in [1.29, 1.82) is 0 Å². The molecule has 21 heavy (non-hydrogen) atoms. The molecule has 0 aromatic heterocycles. The monoisotopic (exact) mass is 292 g/mol. The summed E-state index contributed by atoms with van der Waals surface area (Å²) in [7, 11) is 0. The van der Waals surface area contributed by atoms with Crippen LogP contribution in [0.25, 0.3) is 0 Å². The highest BCUT2D eigenvalue weighted by molar-refractivity contribution is 5.79. The van der Waals surface area contributed by atoms with E-state index in [-0.39, 0.29) is 6.61 Å². The van der Waals surface area contributed by atoms with Gasteiger partial charge in [-0.3, -0.25) is 0 Å². The number of aryl methyl sites for hydroxylation is 1. The number of hydrogen-bond acceptors (Lipinski definition) is 2. The van der Waals surface area contributed by atoms with Gasteiger partial charge in [-0.1, -0.05) is 41.1 Å². The van der Waals surface area contributed by atoms with Crippen molar-refractivity contribution >= 4 is 6.21 Å². The van der Waals surface area contributed by atoms with E-state index in [1.165, 1.54) is 6.07 Å². The largest absolute Gasteiger partial charge is 0.416 e. The molecular formula is C16H13F3NO. The fourth-order valence-electron chi connectivity index (χ4n) is 1.74. The molecule has 0 aliphatic heterocycles. The van der Waals surface area contributed by atoms with Gasteiger partial charge in [0.25, 0.3) is 0 Å². The van der Waals surface area contributed by atoms with Crippen molar-refractivity contribution in [2.75, 3.05) is 0 Å². The predicted molar refractivity (Wildman–Crippen MR) is 73.9 cm³/mol. The summed E-state index contributed by atoms with van der Waals surface area (Å²) < 4.78 is 37.6. The molecule has 0 N–H and O–H groups in total. The molecule has 2 nitrogen and oxygen atoms in total. The van der Waals surface area contributed by atoms with Crippen LogP contribution < -0.4 is 0 Å². The van der Waals surface area contributed by atoms with Gasteiger partial charge in [0.15, 0.2) is 0 Å². The summed E-state index contributed by atoms with van der Waals surface area (Å²) in [6, 6.07) is 12.4. The summed E-state index contributed by atoms with van der Waals surface area (Å²) in [6.07, 6.45) is -1.67. The van der Waals surface area contributed by atoms with E-state index in [0.29, 0.717) is 5.56 Å². The average Bonchev–Trinajstić information content (AvgIpc) is 2.43. The van der Waals surface area contributed by atoms with Crippen LogP contribution in [-0.2, 0) is 17.6 Å². The molecule has 0 bridgehead atoms. The highest BCUT2D eigenvalue weighted by Gasteiger charge is 2.30. The van der Waals surface area contributed by atoms with Crippen molar-refractivity contribution in [3.05, 3.63) is 70.8 Å². The summed E-state index contributed by atoms with van der Waals surface area (Å²) >= 11 is 0. The molecule has 1 radical (unpaired) electrons. The molecule has 0 fully saturated rings. The first-order valence-corrected chi connectivity index (χ1v) is 6.26. The number of hydrogen-bond donors (Lipinski definition) is 0. The van der Waals surface area contributed by atoms with Crippen LogP contribution >= 0.6 is 0 Å². The van der Waals surface area contributed by atoms with E-state index in [4.69, 9.17) is 4.84 Å². The predicted octanol–water partition coefficient (Wildman–Crippen LogP) is 4.44. The standard InChI is InChI=1S/C16H13F3NO/c1-12-4-2-5-13(8-12)10-20-21-11-14-6-3-7-15(9-14)16(17,18)19/h2-9H,11H2,1H3. The maximum atomic E-state index is 12.5. The molecule has 0 saturated carbocycles. The van der Waals surface area contributed by atoms with Gasteiger partial charge in [-0.15, -0.1) is 0 Å². The molecule has 0 aliphatic carbocycles. The van der Waals surface area contributed by atoms with Crippen LogP contribution in [0.15, 0.2) is 53.7 Å². The maximum Gasteiger partial charge on any atom is 0.416 e. The van der Waals surface area contributed by atoms with Gasteiger partial charge in [-0.25, -0.2) is 0 Å². The van der Waals surface area contributed by atoms with Gasteiger partial charge in [-0.2, -0.15) is 13.2 Å². The van der Waals surface area contributed by atoms with Gasteiger partial charge >= 0.3 is 6.18 Å². The molecule has 0 heterocycles. The number of benzene rings is 2. The van der Waals surface area contributed by atoms with Gasteiger partial charge in [0.1, 0.15) is 12.8 Å². The quantitative estimate of drug-likeness (QED) is 0.603. The summed E-state index contributed by atoms with van der Waals surface area (Å²) in [5.74, 6) is 0. The Hall–Kier alpha value is -2.30. The SMILES string of the molecule is Cc1cccc(/[C]=N\OCc2cccc(C(F)(F)F)c2)c1. The minimum Gasteiger partial charge on any atom is -0.390 e. The average molecular weight is 292 g/mol. The lowest BCUT2D eigenvalue weighted by molar-refractivity contribution is -0.137. The molecule has 0 atom stereocenters. The van der Waals surface area contributed by atoms with Gasteiger partial charge in [0.2, 0.25) is 0 Å². The molecule has 0 amide bonds. The molecule has 2 aromatic carbocycles. The minimum absolute atomic E-state index is 0.0390. The number of alkyl halides is 3. The van der Waals surface area contributed by atoms with Gasteiger partial charge < -0.3 is 4.84 Å². The zero-order valence-electron chi connectivity index (χ0n) is 11.3. The molecule has 0 spiro atoms. The lowest BCUT2D eigenvalue weighted by Gasteiger charge is -2.07. The zero-order chi connectivity index (χ0) is 15.3. The zero-order valence-corrected chi connectivity index (χ0v) is 11.3. The van der Waals surface area contributed by atoms with Crippen molar-refractivity contribution in [2.45, 2.75) is 19.7 Å².